The van der Waals surface area contributed by atoms with Crippen molar-refractivity contribution in [1.29, 1.82) is 0 Å². The van der Waals surface area contributed by atoms with Crippen LogP contribution in [0.2, 0.25) is 0 Å². The number of likely N-dealkylation sites (N-methyl/N-ethyl adjacent to an activating group) is 1. The first-order valence-electron chi connectivity index (χ1n) is 10.0. The second kappa shape index (κ2) is 8.04. The number of nitrogens with zero attached hydrogens (tertiary/aromatic N) is 3. The van der Waals surface area contributed by atoms with E-state index in [2.05, 4.69) is 22.1 Å². The molecule has 0 atom stereocenters. The van der Waals surface area contributed by atoms with E-state index < -0.39 is 0 Å². The Balaban J connectivity index is 1.50. The maximum atomic E-state index is 12.7. The van der Waals surface area contributed by atoms with E-state index in [4.69, 9.17) is 0 Å². The maximum Gasteiger partial charge on any atom is 0.261 e. The molecule has 2 aliphatic rings. The number of benzene rings is 1. The van der Waals surface area contributed by atoms with Crippen molar-refractivity contribution in [2.24, 2.45) is 0 Å². The van der Waals surface area contributed by atoms with Gasteiger partial charge in [-0.1, -0.05) is 20.3 Å². The average Bonchev–Trinajstić information content (AvgIpc) is 3.23. The van der Waals surface area contributed by atoms with Crippen LogP contribution in [-0.4, -0.2) is 52.1 Å². The summed E-state index contributed by atoms with van der Waals surface area (Å²) in [6.07, 6.45) is 2.55. The Kier molecular flexibility index (Phi) is 5.47. The van der Waals surface area contributed by atoms with E-state index in [0.717, 1.165) is 44.6 Å². The number of rotatable bonds is 6. The largest absolute Gasteiger partial charge is 0.298 e. The highest BCUT2D eigenvalue weighted by Crippen LogP contribution is 2.29. The first kappa shape index (κ1) is 19.7. The van der Waals surface area contributed by atoms with Gasteiger partial charge in [0.15, 0.2) is 5.13 Å². The fourth-order valence-electron chi connectivity index (χ4n) is 3.69. The Morgan fingerprint density at radius 2 is 2.00 bits per heavy atom. The predicted molar refractivity (Wildman–Crippen MR) is 111 cm³/mol. The van der Waals surface area contributed by atoms with Gasteiger partial charge in [0.25, 0.3) is 17.7 Å². The number of thiazole rings is 1. The van der Waals surface area contributed by atoms with Crippen LogP contribution < -0.4 is 5.32 Å². The normalized spacial score (nSPS) is 16.1. The summed E-state index contributed by atoms with van der Waals surface area (Å²) in [5, 5.41) is 3.43. The van der Waals surface area contributed by atoms with Gasteiger partial charge in [0.2, 0.25) is 0 Å². The number of anilines is 1. The minimum absolute atomic E-state index is 0.279. The molecule has 2 aromatic rings. The molecule has 0 unspecified atom stereocenters. The third-order valence-electron chi connectivity index (χ3n) is 5.45. The van der Waals surface area contributed by atoms with Gasteiger partial charge in [0.1, 0.15) is 0 Å². The van der Waals surface area contributed by atoms with Gasteiger partial charge in [-0.05, 0) is 31.2 Å². The molecule has 0 radical (unpaired) electrons. The SMILES string of the molecule is CCCCN1C(=O)c2ccc(C(=O)Nc3nc4c(s3)CN(CC)CC4)cc2C1=O. The van der Waals surface area contributed by atoms with Gasteiger partial charge in [0.05, 0.1) is 16.8 Å². The van der Waals surface area contributed by atoms with Crippen LogP contribution >= 0.6 is 11.3 Å². The van der Waals surface area contributed by atoms with Crippen LogP contribution in [0.25, 0.3) is 0 Å². The maximum absolute atomic E-state index is 12.7. The number of aromatic nitrogens is 1. The monoisotopic (exact) mass is 412 g/mol. The van der Waals surface area contributed by atoms with Crippen molar-refractivity contribution in [1.82, 2.24) is 14.8 Å². The summed E-state index contributed by atoms with van der Waals surface area (Å²) in [4.78, 5) is 47.1. The second-order valence-electron chi connectivity index (χ2n) is 7.34. The summed E-state index contributed by atoms with van der Waals surface area (Å²) in [6, 6.07) is 4.68. The summed E-state index contributed by atoms with van der Waals surface area (Å²) < 4.78 is 0. The Bertz CT molecular complexity index is 984. The lowest BCUT2D eigenvalue weighted by Gasteiger charge is -2.23. The third-order valence-corrected chi connectivity index (χ3v) is 6.44. The smallest absolute Gasteiger partial charge is 0.261 e. The molecule has 3 heterocycles. The number of carbonyl (C=O) groups excluding carboxylic acids is 3. The molecule has 4 rings (SSSR count). The second-order valence-corrected chi connectivity index (χ2v) is 8.42. The van der Waals surface area contributed by atoms with Gasteiger partial charge in [-0.25, -0.2) is 4.98 Å². The van der Waals surface area contributed by atoms with Crippen LogP contribution in [-0.2, 0) is 13.0 Å². The van der Waals surface area contributed by atoms with Gasteiger partial charge in [-0.3, -0.25) is 29.5 Å². The Morgan fingerprint density at radius 1 is 1.21 bits per heavy atom. The van der Waals surface area contributed by atoms with E-state index in [0.29, 0.717) is 28.4 Å². The molecular weight excluding hydrogens is 388 g/mol. The summed E-state index contributed by atoms with van der Waals surface area (Å²) in [5.41, 5.74) is 2.07. The minimum Gasteiger partial charge on any atom is -0.298 e. The zero-order chi connectivity index (χ0) is 20.5. The molecule has 0 spiro atoms. The topological polar surface area (TPSA) is 82.6 Å². The lowest BCUT2D eigenvalue weighted by molar-refractivity contribution is 0.0652. The van der Waals surface area contributed by atoms with E-state index >= 15 is 0 Å². The Morgan fingerprint density at radius 3 is 2.76 bits per heavy atom. The highest BCUT2D eigenvalue weighted by atomic mass is 32.1. The molecule has 152 valence electrons. The van der Waals surface area contributed by atoms with Crippen LogP contribution in [0, 0.1) is 0 Å². The molecule has 2 aliphatic heterocycles. The minimum atomic E-state index is -0.322. The van der Waals surface area contributed by atoms with Gasteiger partial charge >= 0.3 is 0 Å². The predicted octanol–water partition coefficient (Wildman–Crippen LogP) is 3.17. The number of imide groups is 1. The number of hydrogen-bond donors (Lipinski definition) is 1. The number of hydrogen-bond acceptors (Lipinski definition) is 6. The molecule has 1 N–H and O–H groups in total. The quantitative estimate of drug-likeness (QED) is 0.737. The highest BCUT2D eigenvalue weighted by Gasteiger charge is 2.35. The van der Waals surface area contributed by atoms with Crippen LogP contribution in [0.4, 0.5) is 5.13 Å². The molecule has 7 nitrogen and oxygen atoms in total. The molecule has 0 bridgehead atoms. The van der Waals surface area contributed by atoms with Gasteiger partial charge in [-0.15, -0.1) is 11.3 Å². The van der Waals surface area contributed by atoms with Crippen molar-refractivity contribution in [3.05, 3.63) is 45.5 Å². The molecule has 1 aromatic heterocycles. The van der Waals surface area contributed by atoms with E-state index in [1.54, 1.807) is 12.1 Å². The lowest BCUT2D eigenvalue weighted by atomic mass is 10.1. The first-order chi connectivity index (χ1) is 14.0. The molecule has 0 saturated heterocycles. The molecule has 3 amide bonds. The van der Waals surface area contributed by atoms with Crippen LogP contribution in [0.1, 0.15) is 68.3 Å². The van der Waals surface area contributed by atoms with Gasteiger partial charge in [0, 0.05) is 36.5 Å². The van der Waals surface area contributed by atoms with Gasteiger partial charge in [-0.2, -0.15) is 0 Å². The van der Waals surface area contributed by atoms with Crippen molar-refractivity contribution >= 4 is 34.2 Å². The van der Waals surface area contributed by atoms with E-state index in [9.17, 15) is 14.4 Å². The molecule has 1 aromatic carbocycles. The van der Waals surface area contributed by atoms with E-state index in [1.165, 1.54) is 27.2 Å². The van der Waals surface area contributed by atoms with Crippen molar-refractivity contribution in [3.8, 4) is 0 Å². The van der Waals surface area contributed by atoms with Crippen molar-refractivity contribution in [3.63, 3.8) is 0 Å². The molecule has 0 saturated carbocycles. The number of unbranched alkanes of at least 4 members (excludes halogenated alkanes) is 1. The zero-order valence-corrected chi connectivity index (χ0v) is 17.5. The molecule has 8 heteroatoms. The van der Waals surface area contributed by atoms with E-state index in [-0.39, 0.29) is 17.7 Å². The van der Waals surface area contributed by atoms with Crippen molar-refractivity contribution in [2.45, 2.75) is 39.7 Å². The van der Waals surface area contributed by atoms with Crippen molar-refractivity contribution in [2.75, 3.05) is 25.0 Å². The third kappa shape index (κ3) is 3.70. The standard InChI is InChI=1S/C21H24N4O3S/c1-3-5-9-25-19(27)14-7-6-13(11-15(14)20(25)28)18(26)23-21-22-16-8-10-24(4-2)12-17(16)29-21/h6-7,11H,3-5,8-10,12H2,1-2H3,(H,22,23,26). The van der Waals surface area contributed by atoms with Crippen molar-refractivity contribution < 1.29 is 14.4 Å². The number of fused-ring (bicyclic) bond motifs is 2. The first-order valence-corrected chi connectivity index (χ1v) is 10.9. The number of amides is 3. The van der Waals surface area contributed by atoms with Gasteiger partial charge < -0.3 is 0 Å². The summed E-state index contributed by atoms with van der Waals surface area (Å²) in [7, 11) is 0. The van der Waals surface area contributed by atoms with Crippen LogP contribution in [0.3, 0.4) is 0 Å². The molecule has 0 fully saturated rings. The summed E-state index contributed by atoms with van der Waals surface area (Å²) >= 11 is 1.50. The fraction of sp³-hybridized carbons (Fsp3) is 0.429. The molecule has 0 aliphatic carbocycles. The highest BCUT2D eigenvalue weighted by molar-refractivity contribution is 7.15. The fourth-order valence-corrected chi connectivity index (χ4v) is 4.74. The number of carbonyl (C=O) groups is 3. The number of nitrogens with one attached hydrogen (secondary N) is 1. The van der Waals surface area contributed by atoms with Crippen LogP contribution in [0.15, 0.2) is 18.2 Å². The summed E-state index contributed by atoms with van der Waals surface area (Å²) in [6.45, 7) is 7.40. The van der Waals surface area contributed by atoms with Crippen LogP contribution in [0.5, 0.6) is 0 Å². The molecule has 29 heavy (non-hydrogen) atoms. The molecular formula is C21H24N4O3S. The Hall–Kier alpha value is -2.58. The van der Waals surface area contributed by atoms with E-state index in [1.807, 2.05) is 6.92 Å². The average molecular weight is 413 g/mol. The summed E-state index contributed by atoms with van der Waals surface area (Å²) in [5.74, 6) is -0.922. The lowest BCUT2D eigenvalue weighted by Crippen LogP contribution is -2.30. The Labute approximate surface area is 173 Å². The zero-order valence-electron chi connectivity index (χ0n) is 16.7.